The van der Waals surface area contributed by atoms with E-state index in [1.54, 1.807) is 22.4 Å². The fraction of sp³-hybridized carbons (Fsp3) is 0.393. The zero-order valence-electron chi connectivity index (χ0n) is 24.1. The van der Waals surface area contributed by atoms with Crippen LogP contribution >= 0.6 is 11.6 Å². The lowest BCUT2D eigenvalue weighted by atomic mass is 10.1. The number of benzene rings is 1. The van der Waals surface area contributed by atoms with Crippen LogP contribution in [0.25, 0.3) is 22.3 Å². The predicted octanol–water partition coefficient (Wildman–Crippen LogP) is 6.33. The van der Waals surface area contributed by atoms with Gasteiger partial charge in [0.1, 0.15) is 18.1 Å². The molecule has 10 nitrogen and oxygen atoms in total. The first-order chi connectivity index (χ1) is 20.3. The van der Waals surface area contributed by atoms with Gasteiger partial charge in [0.15, 0.2) is 23.1 Å². The molecule has 0 atom stereocenters. The molecule has 0 saturated carbocycles. The highest BCUT2D eigenvalue weighted by Gasteiger charge is 2.39. The van der Waals surface area contributed by atoms with Crippen LogP contribution < -0.4 is 15.4 Å². The van der Waals surface area contributed by atoms with Crippen LogP contribution in [0.4, 0.5) is 23.7 Å². The molecule has 15 heteroatoms. The smallest absolute Gasteiger partial charge is 0.319 e. The quantitative estimate of drug-likeness (QED) is 0.147. The monoisotopic (exact) mass is 636 g/mol. The number of anilines is 1. The third-order valence-electron chi connectivity index (χ3n) is 6.91. The Morgan fingerprint density at radius 3 is 2.53 bits per heavy atom. The van der Waals surface area contributed by atoms with Gasteiger partial charge in [0.2, 0.25) is 5.28 Å². The number of aromatic nitrogens is 4. The molecule has 0 spiro atoms. The van der Waals surface area contributed by atoms with Gasteiger partial charge in [-0.05, 0) is 23.7 Å². The molecule has 4 aromatic rings. The molecule has 43 heavy (non-hydrogen) atoms. The highest BCUT2D eigenvalue weighted by atomic mass is 35.5. The Morgan fingerprint density at radius 2 is 1.93 bits per heavy atom. The summed E-state index contributed by atoms with van der Waals surface area (Å²) in [6.45, 7) is 7.01. The van der Waals surface area contributed by atoms with E-state index in [-0.39, 0.29) is 43.2 Å². The van der Waals surface area contributed by atoms with E-state index >= 15 is 8.78 Å². The molecule has 230 valence electrons. The lowest BCUT2D eigenvalue weighted by molar-refractivity contribution is -0.125. The first-order valence-electron chi connectivity index (χ1n) is 13.6. The molecule has 0 bridgehead atoms. The standard InChI is InChI=1S/C28H32ClF3N6O4Si/c1-37-21(11-34-26(37)29)18-12-38(16-40-7-8-43(2,3)4)25-23(18)22(5-6-33-25)42-24-19(30)9-17(10-20(24)31)36-27(39)35-13-28(32)14-41-15-28/h5-6,9-12H,7-8,13-16H2,1-4H3,(H2,35,36,39). The molecule has 4 heterocycles. The minimum Gasteiger partial charge on any atom is -0.450 e. The molecule has 1 aliphatic rings. The van der Waals surface area contributed by atoms with Crippen LogP contribution in [0.15, 0.2) is 36.8 Å². The molecule has 0 unspecified atom stereocenters. The minimum atomic E-state index is -1.65. The second kappa shape index (κ2) is 12.2. The van der Waals surface area contributed by atoms with E-state index in [4.69, 9.17) is 25.8 Å². The molecule has 5 rings (SSSR count). The summed E-state index contributed by atoms with van der Waals surface area (Å²) >= 11 is 6.22. The number of pyridine rings is 1. The molecular weight excluding hydrogens is 605 g/mol. The number of alkyl halides is 1. The summed E-state index contributed by atoms with van der Waals surface area (Å²) in [5, 5.41) is 5.35. The van der Waals surface area contributed by atoms with Crippen LogP contribution in [0.3, 0.4) is 0 Å². The third-order valence-corrected chi connectivity index (χ3v) is 8.96. The van der Waals surface area contributed by atoms with E-state index in [1.807, 2.05) is 6.20 Å². The van der Waals surface area contributed by atoms with E-state index in [0.717, 1.165) is 18.2 Å². The number of imidazole rings is 1. The Balaban J connectivity index is 1.42. The van der Waals surface area contributed by atoms with Crippen LogP contribution in [0.2, 0.25) is 31.0 Å². The van der Waals surface area contributed by atoms with E-state index < -0.39 is 37.2 Å². The molecule has 1 aliphatic heterocycles. The Bertz CT molecular complexity index is 1630. The van der Waals surface area contributed by atoms with Gasteiger partial charge in [-0.2, -0.15) is 0 Å². The normalized spacial score (nSPS) is 14.5. The van der Waals surface area contributed by atoms with Gasteiger partial charge in [0.25, 0.3) is 0 Å². The summed E-state index contributed by atoms with van der Waals surface area (Å²) in [5.41, 5.74) is -0.114. The number of nitrogens with zero attached hydrogens (tertiary/aromatic N) is 4. The summed E-state index contributed by atoms with van der Waals surface area (Å²) in [5.74, 6) is -2.67. The van der Waals surface area contributed by atoms with Crippen molar-refractivity contribution in [2.75, 3.05) is 31.7 Å². The lowest BCUT2D eigenvalue weighted by Gasteiger charge is -2.33. The van der Waals surface area contributed by atoms with Crippen molar-refractivity contribution in [3.63, 3.8) is 0 Å². The molecule has 0 radical (unpaired) electrons. The molecule has 2 N–H and O–H groups in total. The Hall–Kier alpha value is -3.59. The number of hydrogen-bond acceptors (Lipinski definition) is 6. The second-order valence-electron chi connectivity index (χ2n) is 11.7. The van der Waals surface area contributed by atoms with Crippen molar-refractivity contribution >= 4 is 42.4 Å². The van der Waals surface area contributed by atoms with Gasteiger partial charge >= 0.3 is 6.03 Å². The van der Waals surface area contributed by atoms with Crippen molar-refractivity contribution in [3.05, 3.63) is 53.7 Å². The number of hydrogen-bond donors (Lipinski definition) is 2. The van der Waals surface area contributed by atoms with Gasteiger partial charge < -0.3 is 34.0 Å². The average Bonchev–Trinajstić information content (AvgIpc) is 3.45. The van der Waals surface area contributed by atoms with Gasteiger partial charge in [-0.1, -0.05) is 19.6 Å². The summed E-state index contributed by atoms with van der Waals surface area (Å²) < 4.78 is 64.5. The van der Waals surface area contributed by atoms with E-state index in [0.29, 0.717) is 28.9 Å². The van der Waals surface area contributed by atoms with Crippen molar-refractivity contribution < 1.29 is 32.2 Å². The van der Waals surface area contributed by atoms with Crippen LogP contribution in [0, 0.1) is 11.6 Å². The lowest BCUT2D eigenvalue weighted by Crippen LogP contribution is -2.54. The maximum Gasteiger partial charge on any atom is 0.319 e. The SMILES string of the molecule is Cn1c(-c2cn(COCC[Si](C)(C)C)c3nccc(Oc4c(F)cc(NC(=O)NCC5(F)COC5)cc4F)c23)cnc1Cl. The largest absolute Gasteiger partial charge is 0.450 e. The minimum absolute atomic E-state index is 0.130. The fourth-order valence-corrected chi connectivity index (χ4v) is 5.32. The zero-order valence-corrected chi connectivity index (χ0v) is 25.9. The summed E-state index contributed by atoms with van der Waals surface area (Å²) in [7, 11) is 0.438. The number of fused-ring (bicyclic) bond motifs is 1. The van der Waals surface area contributed by atoms with E-state index in [2.05, 4.69) is 40.2 Å². The zero-order chi connectivity index (χ0) is 30.9. The first-order valence-corrected chi connectivity index (χ1v) is 17.6. The van der Waals surface area contributed by atoms with Gasteiger partial charge in [-0.15, -0.1) is 0 Å². The molecule has 3 aromatic heterocycles. The number of urea groups is 1. The molecule has 2 amide bonds. The van der Waals surface area contributed by atoms with Crippen LogP contribution in [0.5, 0.6) is 11.5 Å². The van der Waals surface area contributed by atoms with Gasteiger partial charge in [-0.25, -0.2) is 27.9 Å². The van der Waals surface area contributed by atoms with Crippen molar-refractivity contribution in [3.8, 4) is 22.8 Å². The number of rotatable bonds is 11. The number of halogens is 4. The van der Waals surface area contributed by atoms with Crippen LogP contribution in [-0.2, 0) is 23.3 Å². The number of nitrogens with one attached hydrogen (secondary N) is 2. The van der Waals surface area contributed by atoms with E-state index in [1.165, 1.54) is 12.3 Å². The summed E-state index contributed by atoms with van der Waals surface area (Å²) in [6.07, 6.45) is 4.86. The molecule has 1 fully saturated rings. The number of carbonyl (C=O) groups is 1. The van der Waals surface area contributed by atoms with Crippen molar-refractivity contribution in [2.45, 2.75) is 38.1 Å². The fourth-order valence-electron chi connectivity index (χ4n) is 4.42. The van der Waals surface area contributed by atoms with Crippen molar-refractivity contribution in [1.29, 1.82) is 0 Å². The number of carbonyl (C=O) groups excluding carboxylic acids is 1. The third kappa shape index (κ3) is 6.98. The second-order valence-corrected chi connectivity index (χ2v) is 17.6. The number of amides is 2. The highest BCUT2D eigenvalue weighted by Crippen LogP contribution is 2.40. The maximum atomic E-state index is 15.2. The van der Waals surface area contributed by atoms with Crippen molar-refractivity contribution in [2.24, 2.45) is 7.05 Å². The van der Waals surface area contributed by atoms with Gasteiger partial charge in [-0.3, -0.25) is 0 Å². The topological polar surface area (TPSA) is 104 Å². The first kappa shape index (κ1) is 30.9. The molecule has 1 saturated heterocycles. The molecular formula is C28H32ClF3N6O4Si. The summed E-state index contributed by atoms with van der Waals surface area (Å²) in [4.78, 5) is 20.8. The van der Waals surface area contributed by atoms with Crippen LogP contribution in [0.1, 0.15) is 0 Å². The Morgan fingerprint density at radius 1 is 1.21 bits per heavy atom. The van der Waals surface area contributed by atoms with Crippen LogP contribution in [-0.4, -0.2) is 65.2 Å². The Labute approximate surface area is 252 Å². The van der Waals surface area contributed by atoms with Gasteiger partial charge in [0.05, 0.1) is 37.0 Å². The average molecular weight is 637 g/mol. The highest BCUT2D eigenvalue weighted by molar-refractivity contribution is 6.76. The van der Waals surface area contributed by atoms with Crippen molar-refractivity contribution in [1.82, 2.24) is 24.4 Å². The number of ether oxygens (including phenoxy) is 3. The predicted molar refractivity (Wildman–Crippen MR) is 159 cm³/mol. The maximum absolute atomic E-state index is 15.2. The molecule has 0 aliphatic carbocycles. The summed E-state index contributed by atoms with van der Waals surface area (Å²) in [6, 6.07) is 3.48. The molecule has 1 aromatic carbocycles. The van der Waals surface area contributed by atoms with Gasteiger partial charge in [0, 0.05) is 57.5 Å². The van der Waals surface area contributed by atoms with E-state index in [9.17, 15) is 9.18 Å². The Kier molecular flexibility index (Phi) is 8.74.